The van der Waals surface area contributed by atoms with Crippen LogP contribution in [-0.4, -0.2) is 59.1 Å². The Bertz CT molecular complexity index is 489. The highest BCUT2D eigenvalue weighted by molar-refractivity contribution is 5.05. The predicted molar refractivity (Wildman–Crippen MR) is 83.7 cm³/mol. The zero-order valence-electron chi connectivity index (χ0n) is 13.3. The van der Waals surface area contributed by atoms with Crippen molar-refractivity contribution in [2.75, 3.05) is 39.4 Å². The van der Waals surface area contributed by atoms with E-state index in [2.05, 4.69) is 25.0 Å². The zero-order chi connectivity index (χ0) is 14.8. The first-order valence-electron chi connectivity index (χ1n) is 8.83. The summed E-state index contributed by atoms with van der Waals surface area (Å²) in [6.07, 6.45) is 5.02. The number of likely N-dealkylation sites (tertiary alicyclic amines) is 1. The first-order chi connectivity index (χ1) is 10.9. The highest BCUT2D eigenvalue weighted by Crippen LogP contribution is 2.28. The Morgan fingerprint density at radius 3 is 2.86 bits per heavy atom. The molecule has 122 valence electrons. The molecule has 6 nitrogen and oxygen atoms in total. The van der Waals surface area contributed by atoms with Gasteiger partial charge in [-0.15, -0.1) is 10.2 Å². The summed E-state index contributed by atoms with van der Waals surface area (Å²) in [5.74, 6) is 3.69. The molecule has 2 saturated heterocycles. The Balaban J connectivity index is 1.32. The fourth-order valence-corrected chi connectivity index (χ4v) is 4.11. The molecule has 0 aromatic carbocycles. The smallest absolute Gasteiger partial charge is 0.147 e. The topological polar surface area (TPSA) is 55.2 Å². The maximum atomic E-state index is 5.61. The van der Waals surface area contributed by atoms with Gasteiger partial charge < -0.3 is 19.5 Å². The van der Waals surface area contributed by atoms with E-state index in [1.54, 1.807) is 0 Å². The van der Waals surface area contributed by atoms with Crippen LogP contribution < -0.4 is 5.32 Å². The lowest BCUT2D eigenvalue weighted by atomic mass is 9.94. The lowest BCUT2D eigenvalue weighted by Gasteiger charge is -2.35. The van der Waals surface area contributed by atoms with Crippen molar-refractivity contribution in [3.8, 4) is 0 Å². The number of nitrogens with one attached hydrogen (secondary N) is 1. The van der Waals surface area contributed by atoms with Crippen LogP contribution >= 0.6 is 0 Å². The molecule has 1 aromatic rings. The van der Waals surface area contributed by atoms with Crippen molar-refractivity contribution in [2.24, 2.45) is 5.92 Å². The molecule has 0 amide bonds. The van der Waals surface area contributed by atoms with Crippen LogP contribution in [-0.2, 0) is 17.8 Å². The number of ether oxygens (including phenoxy) is 1. The van der Waals surface area contributed by atoms with Crippen LogP contribution in [0, 0.1) is 5.92 Å². The van der Waals surface area contributed by atoms with E-state index in [9.17, 15) is 0 Å². The van der Waals surface area contributed by atoms with Crippen molar-refractivity contribution in [1.82, 2.24) is 25.0 Å². The normalized spacial score (nSPS) is 27.7. The monoisotopic (exact) mass is 305 g/mol. The summed E-state index contributed by atoms with van der Waals surface area (Å²) in [4.78, 5) is 2.63. The first kappa shape index (κ1) is 14.6. The quantitative estimate of drug-likeness (QED) is 0.902. The highest BCUT2D eigenvalue weighted by atomic mass is 16.5. The molecule has 4 heterocycles. The second-order valence-electron chi connectivity index (χ2n) is 6.96. The standard InChI is InChI=1S/C16H27N5O/c1-2-13(12-22-9-1)11-20-6-3-14(4-7-20)16-19-18-15-10-17-5-8-21(15)16/h13-14,17H,1-12H2. The fraction of sp³-hybridized carbons (Fsp3) is 0.875. The molecule has 1 N–H and O–H groups in total. The molecular weight excluding hydrogens is 278 g/mol. The van der Waals surface area contributed by atoms with E-state index in [4.69, 9.17) is 4.74 Å². The minimum atomic E-state index is 0.596. The van der Waals surface area contributed by atoms with Crippen molar-refractivity contribution in [3.63, 3.8) is 0 Å². The van der Waals surface area contributed by atoms with Gasteiger partial charge in [0.25, 0.3) is 0 Å². The maximum Gasteiger partial charge on any atom is 0.147 e. The van der Waals surface area contributed by atoms with E-state index >= 15 is 0 Å². The Hall–Kier alpha value is -0.980. The molecule has 6 heteroatoms. The van der Waals surface area contributed by atoms with Gasteiger partial charge in [-0.05, 0) is 44.7 Å². The van der Waals surface area contributed by atoms with Crippen LogP contribution in [0.25, 0.3) is 0 Å². The fourth-order valence-electron chi connectivity index (χ4n) is 4.11. The lowest BCUT2D eigenvalue weighted by molar-refractivity contribution is 0.0344. The number of nitrogens with zero attached hydrogens (tertiary/aromatic N) is 4. The summed E-state index contributed by atoms with van der Waals surface area (Å²) in [6.45, 7) is 8.47. The van der Waals surface area contributed by atoms with Crippen LogP contribution in [0.2, 0.25) is 0 Å². The van der Waals surface area contributed by atoms with Crippen LogP contribution in [0.1, 0.15) is 43.3 Å². The highest BCUT2D eigenvalue weighted by Gasteiger charge is 2.28. The predicted octanol–water partition coefficient (Wildman–Crippen LogP) is 0.987. The molecule has 0 spiro atoms. The minimum absolute atomic E-state index is 0.596. The van der Waals surface area contributed by atoms with E-state index in [1.807, 2.05) is 0 Å². The van der Waals surface area contributed by atoms with Gasteiger partial charge in [-0.3, -0.25) is 0 Å². The third-order valence-corrected chi connectivity index (χ3v) is 5.38. The molecule has 0 aliphatic carbocycles. The zero-order valence-corrected chi connectivity index (χ0v) is 13.3. The Labute approximate surface area is 132 Å². The lowest BCUT2D eigenvalue weighted by Crippen LogP contribution is -2.39. The third-order valence-electron chi connectivity index (χ3n) is 5.38. The maximum absolute atomic E-state index is 5.61. The summed E-state index contributed by atoms with van der Waals surface area (Å²) in [6, 6.07) is 0. The van der Waals surface area contributed by atoms with Crippen molar-refractivity contribution in [3.05, 3.63) is 11.6 Å². The van der Waals surface area contributed by atoms with Crippen LogP contribution in [0.4, 0.5) is 0 Å². The van der Waals surface area contributed by atoms with E-state index in [1.165, 1.54) is 51.1 Å². The van der Waals surface area contributed by atoms with Gasteiger partial charge in [-0.25, -0.2) is 0 Å². The van der Waals surface area contributed by atoms with Gasteiger partial charge in [0.05, 0.1) is 13.2 Å². The summed E-state index contributed by atoms with van der Waals surface area (Å²) in [7, 11) is 0. The molecule has 0 saturated carbocycles. The minimum Gasteiger partial charge on any atom is -0.381 e. The average molecular weight is 305 g/mol. The van der Waals surface area contributed by atoms with Crippen LogP contribution in [0.5, 0.6) is 0 Å². The molecule has 3 aliphatic heterocycles. The summed E-state index contributed by atoms with van der Waals surface area (Å²) >= 11 is 0. The van der Waals surface area contributed by atoms with E-state index in [-0.39, 0.29) is 0 Å². The van der Waals surface area contributed by atoms with E-state index < -0.39 is 0 Å². The Morgan fingerprint density at radius 2 is 2.05 bits per heavy atom. The molecule has 22 heavy (non-hydrogen) atoms. The SMILES string of the molecule is C1COCC(CN2CCC(c3nnc4n3CCNC4)CC2)C1. The number of fused-ring (bicyclic) bond motifs is 1. The summed E-state index contributed by atoms with van der Waals surface area (Å²) < 4.78 is 7.96. The van der Waals surface area contributed by atoms with Crippen molar-refractivity contribution < 1.29 is 4.74 Å². The summed E-state index contributed by atoms with van der Waals surface area (Å²) in [5.41, 5.74) is 0. The van der Waals surface area contributed by atoms with Gasteiger partial charge in [-0.1, -0.05) is 0 Å². The molecule has 0 bridgehead atoms. The molecule has 1 unspecified atom stereocenters. The van der Waals surface area contributed by atoms with E-state index in [0.29, 0.717) is 5.92 Å². The molecule has 1 aromatic heterocycles. The molecular formula is C16H27N5O. The molecule has 4 rings (SSSR count). The Kier molecular flexibility index (Phi) is 4.41. The largest absolute Gasteiger partial charge is 0.381 e. The van der Waals surface area contributed by atoms with Gasteiger partial charge in [0.15, 0.2) is 0 Å². The van der Waals surface area contributed by atoms with Gasteiger partial charge in [0.1, 0.15) is 11.6 Å². The van der Waals surface area contributed by atoms with E-state index in [0.717, 1.165) is 44.6 Å². The Morgan fingerprint density at radius 1 is 1.14 bits per heavy atom. The second-order valence-corrected chi connectivity index (χ2v) is 6.96. The summed E-state index contributed by atoms with van der Waals surface area (Å²) in [5, 5.41) is 12.2. The van der Waals surface area contributed by atoms with Gasteiger partial charge in [0, 0.05) is 32.2 Å². The van der Waals surface area contributed by atoms with Gasteiger partial charge in [-0.2, -0.15) is 0 Å². The van der Waals surface area contributed by atoms with Crippen molar-refractivity contribution >= 4 is 0 Å². The third kappa shape index (κ3) is 3.05. The van der Waals surface area contributed by atoms with Gasteiger partial charge in [0.2, 0.25) is 0 Å². The average Bonchev–Trinajstić information content (AvgIpc) is 3.01. The number of hydrogen-bond donors (Lipinski definition) is 1. The molecule has 1 atom stereocenters. The van der Waals surface area contributed by atoms with Crippen LogP contribution in [0.3, 0.4) is 0 Å². The number of aromatic nitrogens is 3. The molecule has 0 radical (unpaired) electrons. The first-order valence-corrected chi connectivity index (χ1v) is 8.83. The number of piperidine rings is 1. The molecule has 3 aliphatic rings. The second kappa shape index (κ2) is 6.64. The van der Waals surface area contributed by atoms with Crippen molar-refractivity contribution in [2.45, 2.75) is 44.7 Å². The molecule has 2 fully saturated rings. The number of hydrogen-bond acceptors (Lipinski definition) is 5. The van der Waals surface area contributed by atoms with Gasteiger partial charge >= 0.3 is 0 Å². The van der Waals surface area contributed by atoms with Crippen molar-refractivity contribution in [1.29, 1.82) is 0 Å². The van der Waals surface area contributed by atoms with Crippen LogP contribution in [0.15, 0.2) is 0 Å². The number of rotatable bonds is 3.